The van der Waals surface area contributed by atoms with E-state index in [4.69, 9.17) is 0 Å². The van der Waals surface area contributed by atoms with Crippen LogP contribution in [0.5, 0.6) is 0 Å². The summed E-state index contributed by atoms with van der Waals surface area (Å²) in [6.07, 6.45) is 1.92. The summed E-state index contributed by atoms with van der Waals surface area (Å²) in [4.78, 5) is 25.4. The molecule has 30 heavy (non-hydrogen) atoms. The number of hydrogen-bond acceptors (Lipinski definition) is 7. The summed E-state index contributed by atoms with van der Waals surface area (Å²) in [6, 6.07) is 7.37. The highest BCUT2D eigenvalue weighted by Crippen LogP contribution is 2.28. The predicted octanol–water partition coefficient (Wildman–Crippen LogP) is 2.96. The van der Waals surface area contributed by atoms with Crippen molar-refractivity contribution in [1.82, 2.24) is 19.2 Å². The fraction of sp³-hybridized carbons (Fsp3) is 0.350. The van der Waals surface area contributed by atoms with E-state index in [1.54, 1.807) is 17.2 Å². The van der Waals surface area contributed by atoms with Crippen LogP contribution in [0.4, 0.5) is 0 Å². The number of carbonyl (C=O) groups excluding carboxylic acids is 1. The van der Waals surface area contributed by atoms with Crippen LogP contribution in [-0.4, -0.2) is 59.7 Å². The highest BCUT2D eigenvalue weighted by Gasteiger charge is 2.32. The number of thiazole rings is 1. The van der Waals surface area contributed by atoms with Crippen LogP contribution >= 0.6 is 22.7 Å². The van der Waals surface area contributed by atoms with Crippen LogP contribution in [0.2, 0.25) is 0 Å². The molecular formula is C20H22N4O3S3. The minimum absolute atomic E-state index is 0.0347. The lowest BCUT2D eigenvalue weighted by Crippen LogP contribution is -2.50. The van der Waals surface area contributed by atoms with Gasteiger partial charge in [-0.15, -0.1) is 22.7 Å². The van der Waals surface area contributed by atoms with E-state index in [2.05, 4.69) is 9.97 Å². The van der Waals surface area contributed by atoms with E-state index in [1.165, 1.54) is 27.0 Å². The van der Waals surface area contributed by atoms with Gasteiger partial charge in [-0.3, -0.25) is 9.78 Å². The Morgan fingerprint density at radius 2 is 1.93 bits per heavy atom. The van der Waals surface area contributed by atoms with E-state index in [9.17, 15) is 13.2 Å². The number of thiophene rings is 1. The molecule has 0 bridgehead atoms. The van der Waals surface area contributed by atoms with Crippen LogP contribution in [-0.2, 0) is 21.2 Å². The number of piperazine rings is 1. The predicted molar refractivity (Wildman–Crippen MR) is 118 cm³/mol. The second kappa shape index (κ2) is 8.54. The van der Waals surface area contributed by atoms with E-state index < -0.39 is 10.0 Å². The van der Waals surface area contributed by atoms with Gasteiger partial charge in [-0.25, -0.2) is 13.4 Å². The third kappa shape index (κ3) is 4.31. The molecule has 3 aromatic heterocycles. The molecule has 7 nitrogen and oxygen atoms in total. The quantitative estimate of drug-likeness (QED) is 0.582. The molecule has 0 aliphatic carbocycles. The van der Waals surface area contributed by atoms with Crippen molar-refractivity contribution < 1.29 is 13.2 Å². The molecule has 158 valence electrons. The standard InChI is InChI=1S/C20H22N4O3S3/c1-14-11-18(15(2)29-14)30(26,27)24-9-7-23(8-10-24)19(25)12-16-13-28-20(22-16)17-5-3-4-6-21-17/h3-6,11,13H,7-10,12H2,1-2H3. The Balaban J connectivity index is 1.37. The Morgan fingerprint density at radius 3 is 2.57 bits per heavy atom. The van der Waals surface area contributed by atoms with Crippen LogP contribution in [0.3, 0.4) is 0 Å². The maximum atomic E-state index is 12.9. The van der Waals surface area contributed by atoms with Crippen molar-refractivity contribution in [3.63, 3.8) is 0 Å². The lowest BCUT2D eigenvalue weighted by Gasteiger charge is -2.34. The number of carbonyl (C=O) groups is 1. The second-order valence-electron chi connectivity index (χ2n) is 7.10. The Bertz CT molecular complexity index is 1150. The molecule has 1 amide bonds. The number of sulfonamides is 1. The van der Waals surface area contributed by atoms with Crippen molar-refractivity contribution >= 4 is 38.6 Å². The maximum absolute atomic E-state index is 12.9. The van der Waals surface area contributed by atoms with Gasteiger partial charge >= 0.3 is 0 Å². The first-order valence-electron chi connectivity index (χ1n) is 9.55. The molecule has 1 fully saturated rings. The van der Waals surface area contributed by atoms with Crippen LogP contribution in [0, 0.1) is 13.8 Å². The van der Waals surface area contributed by atoms with Crippen LogP contribution in [0.1, 0.15) is 15.4 Å². The number of nitrogens with zero attached hydrogens (tertiary/aromatic N) is 4. The van der Waals surface area contributed by atoms with Crippen molar-refractivity contribution in [3.05, 3.63) is 51.3 Å². The first-order valence-corrected chi connectivity index (χ1v) is 12.7. The van der Waals surface area contributed by atoms with Crippen LogP contribution in [0.25, 0.3) is 10.7 Å². The molecular weight excluding hydrogens is 440 g/mol. The Morgan fingerprint density at radius 1 is 1.17 bits per heavy atom. The van der Waals surface area contributed by atoms with Gasteiger partial charge < -0.3 is 4.90 Å². The first kappa shape index (κ1) is 21.1. The summed E-state index contributed by atoms with van der Waals surface area (Å²) in [5, 5.41) is 2.67. The Hall–Kier alpha value is -2.14. The molecule has 10 heteroatoms. The SMILES string of the molecule is Cc1cc(S(=O)(=O)N2CCN(C(=O)Cc3csc(-c4ccccn4)n3)CC2)c(C)s1. The zero-order chi connectivity index (χ0) is 21.3. The van der Waals surface area contributed by atoms with Gasteiger partial charge in [0.25, 0.3) is 0 Å². The number of amides is 1. The average molecular weight is 463 g/mol. The molecule has 0 spiro atoms. The van der Waals surface area contributed by atoms with Gasteiger partial charge in [0.15, 0.2) is 0 Å². The minimum atomic E-state index is -3.52. The molecule has 4 rings (SSSR count). The van der Waals surface area contributed by atoms with Crippen LogP contribution < -0.4 is 0 Å². The Kier molecular flexibility index (Phi) is 6.01. The van der Waals surface area contributed by atoms with Gasteiger partial charge in [0.1, 0.15) is 5.01 Å². The highest BCUT2D eigenvalue weighted by molar-refractivity contribution is 7.89. The molecule has 1 saturated heterocycles. The topological polar surface area (TPSA) is 83.5 Å². The maximum Gasteiger partial charge on any atom is 0.244 e. The van der Waals surface area contributed by atoms with Gasteiger partial charge in [0.05, 0.1) is 22.7 Å². The van der Waals surface area contributed by atoms with E-state index in [1.807, 2.05) is 37.4 Å². The normalized spacial score (nSPS) is 15.5. The van der Waals surface area contributed by atoms with Crippen molar-refractivity contribution in [2.24, 2.45) is 0 Å². The minimum Gasteiger partial charge on any atom is -0.340 e. The second-order valence-corrected chi connectivity index (χ2v) is 11.3. The number of rotatable bonds is 5. The third-order valence-electron chi connectivity index (χ3n) is 4.97. The molecule has 1 aliphatic heterocycles. The highest BCUT2D eigenvalue weighted by atomic mass is 32.2. The molecule has 0 aromatic carbocycles. The lowest BCUT2D eigenvalue weighted by atomic mass is 10.2. The van der Waals surface area contributed by atoms with Crippen molar-refractivity contribution in [2.45, 2.75) is 25.2 Å². The molecule has 0 saturated carbocycles. The van der Waals surface area contributed by atoms with E-state index >= 15 is 0 Å². The molecule has 0 atom stereocenters. The number of pyridine rings is 1. The lowest BCUT2D eigenvalue weighted by molar-refractivity contribution is -0.131. The van der Waals surface area contributed by atoms with E-state index in [0.29, 0.717) is 36.8 Å². The summed E-state index contributed by atoms with van der Waals surface area (Å²) >= 11 is 2.95. The number of aryl methyl sites for hydroxylation is 2. The monoisotopic (exact) mass is 462 g/mol. The van der Waals surface area contributed by atoms with Gasteiger partial charge in [-0.2, -0.15) is 4.31 Å². The summed E-state index contributed by atoms with van der Waals surface area (Å²) in [6.45, 7) is 5.12. The summed E-state index contributed by atoms with van der Waals surface area (Å²) in [5.41, 5.74) is 1.50. The zero-order valence-electron chi connectivity index (χ0n) is 16.7. The molecule has 4 heterocycles. The summed E-state index contributed by atoms with van der Waals surface area (Å²) in [7, 11) is -3.52. The molecule has 0 unspecified atom stereocenters. The first-order chi connectivity index (χ1) is 14.3. The fourth-order valence-electron chi connectivity index (χ4n) is 3.44. The van der Waals surface area contributed by atoms with Crippen molar-refractivity contribution in [2.75, 3.05) is 26.2 Å². The van der Waals surface area contributed by atoms with Crippen molar-refractivity contribution in [1.29, 1.82) is 0 Å². The summed E-state index contributed by atoms with van der Waals surface area (Å²) in [5.74, 6) is -0.0347. The third-order valence-corrected chi connectivity index (χ3v) is 9.01. The Labute approximate surface area is 184 Å². The summed E-state index contributed by atoms with van der Waals surface area (Å²) < 4.78 is 27.4. The van der Waals surface area contributed by atoms with Gasteiger partial charge in [-0.1, -0.05) is 6.07 Å². The molecule has 0 N–H and O–H groups in total. The average Bonchev–Trinajstić information content (AvgIpc) is 3.35. The molecule has 0 radical (unpaired) electrons. The number of aromatic nitrogens is 2. The smallest absolute Gasteiger partial charge is 0.244 e. The van der Waals surface area contributed by atoms with E-state index in [-0.39, 0.29) is 12.3 Å². The molecule has 3 aromatic rings. The zero-order valence-corrected chi connectivity index (χ0v) is 19.2. The number of hydrogen-bond donors (Lipinski definition) is 0. The van der Waals surface area contributed by atoms with E-state index in [0.717, 1.165) is 20.5 Å². The molecule has 1 aliphatic rings. The van der Waals surface area contributed by atoms with Crippen LogP contribution in [0.15, 0.2) is 40.7 Å². The fourth-order valence-corrected chi connectivity index (χ4v) is 7.18. The van der Waals surface area contributed by atoms with Gasteiger partial charge in [0, 0.05) is 47.5 Å². The largest absolute Gasteiger partial charge is 0.340 e. The van der Waals surface area contributed by atoms with Gasteiger partial charge in [0.2, 0.25) is 15.9 Å². The van der Waals surface area contributed by atoms with Gasteiger partial charge in [-0.05, 0) is 32.0 Å². The van der Waals surface area contributed by atoms with Crippen molar-refractivity contribution in [3.8, 4) is 10.7 Å².